The van der Waals surface area contributed by atoms with E-state index >= 15 is 0 Å². The number of Topliss-reactive ketones (excluding diaryl/α,β-unsaturated/α-hetero) is 1. The minimum absolute atomic E-state index is 0.478. The van der Waals surface area contributed by atoms with Gasteiger partial charge in [-0.2, -0.15) is 0 Å². The third-order valence-corrected chi connectivity index (χ3v) is 3.59. The smallest absolute Gasteiger partial charge is 0.133 e. The van der Waals surface area contributed by atoms with Crippen LogP contribution in [0.3, 0.4) is 0 Å². The molecule has 0 amide bonds. The summed E-state index contributed by atoms with van der Waals surface area (Å²) in [6, 6.07) is 0. The minimum atomic E-state index is 0.478. The molecule has 1 aliphatic heterocycles. The maximum Gasteiger partial charge on any atom is 0.133 e. The summed E-state index contributed by atoms with van der Waals surface area (Å²) in [6.45, 7) is 6.67. The van der Waals surface area contributed by atoms with Crippen molar-refractivity contribution in [2.45, 2.75) is 58.8 Å². The summed E-state index contributed by atoms with van der Waals surface area (Å²) in [4.78, 5) is 11.8. The maximum absolute atomic E-state index is 11.8. The predicted molar refractivity (Wildman–Crippen MR) is 68.5 cm³/mol. The van der Waals surface area contributed by atoms with Gasteiger partial charge in [0.05, 0.1) is 0 Å². The van der Waals surface area contributed by atoms with E-state index in [0.717, 1.165) is 38.3 Å². The van der Waals surface area contributed by atoms with Crippen LogP contribution in [0.15, 0.2) is 0 Å². The Morgan fingerprint density at radius 1 is 1.50 bits per heavy atom. The van der Waals surface area contributed by atoms with Crippen LogP contribution in [0.2, 0.25) is 0 Å². The normalized spacial score (nSPS) is 23.0. The first-order valence-electron chi connectivity index (χ1n) is 6.94. The lowest BCUT2D eigenvalue weighted by molar-refractivity contribution is -0.120. The lowest BCUT2D eigenvalue weighted by Crippen LogP contribution is -2.30. The highest BCUT2D eigenvalue weighted by molar-refractivity contribution is 5.78. The van der Waals surface area contributed by atoms with Crippen molar-refractivity contribution < 1.29 is 4.79 Å². The number of hydrogen-bond acceptors (Lipinski definition) is 2. The molecule has 2 heteroatoms. The molecule has 16 heavy (non-hydrogen) atoms. The summed E-state index contributed by atoms with van der Waals surface area (Å²) in [5, 5.41) is 3.41. The molecular formula is C14H27NO. The average Bonchev–Trinajstić information content (AvgIpc) is 2.28. The van der Waals surface area contributed by atoms with Gasteiger partial charge in [0.25, 0.3) is 0 Å². The van der Waals surface area contributed by atoms with Crippen molar-refractivity contribution in [3.8, 4) is 0 Å². The van der Waals surface area contributed by atoms with Gasteiger partial charge in [-0.15, -0.1) is 0 Å². The summed E-state index contributed by atoms with van der Waals surface area (Å²) in [5.41, 5.74) is 0. The van der Waals surface area contributed by atoms with E-state index in [1.54, 1.807) is 0 Å². The largest absolute Gasteiger partial charge is 0.316 e. The summed E-state index contributed by atoms with van der Waals surface area (Å²) in [6.07, 6.45) is 7.69. The van der Waals surface area contributed by atoms with Crippen LogP contribution >= 0.6 is 0 Å². The molecule has 0 aromatic carbocycles. The first kappa shape index (κ1) is 13.7. The Balaban J connectivity index is 2.09. The molecule has 1 heterocycles. The van der Waals surface area contributed by atoms with Crippen LogP contribution in [0.5, 0.6) is 0 Å². The monoisotopic (exact) mass is 225 g/mol. The quantitative estimate of drug-likeness (QED) is 0.721. The number of carbonyl (C=O) groups is 1. The van der Waals surface area contributed by atoms with E-state index in [1.807, 2.05) is 0 Å². The Hall–Kier alpha value is -0.370. The third-order valence-electron chi connectivity index (χ3n) is 3.59. The lowest BCUT2D eigenvalue weighted by Gasteiger charge is -2.22. The molecule has 94 valence electrons. The van der Waals surface area contributed by atoms with Gasteiger partial charge >= 0.3 is 0 Å². The molecule has 1 aliphatic rings. The van der Waals surface area contributed by atoms with E-state index < -0.39 is 0 Å². The molecule has 0 aromatic heterocycles. The van der Waals surface area contributed by atoms with Crippen molar-refractivity contribution in [3.63, 3.8) is 0 Å². The van der Waals surface area contributed by atoms with E-state index in [-0.39, 0.29) is 0 Å². The number of rotatable bonds is 7. The molecule has 0 bridgehead atoms. The highest BCUT2D eigenvalue weighted by Crippen LogP contribution is 2.18. The van der Waals surface area contributed by atoms with Gasteiger partial charge in [-0.05, 0) is 44.2 Å². The van der Waals surface area contributed by atoms with Crippen LogP contribution < -0.4 is 5.32 Å². The van der Waals surface area contributed by atoms with Crippen molar-refractivity contribution >= 4 is 5.78 Å². The van der Waals surface area contributed by atoms with Gasteiger partial charge in [0.2, 0.25) is 0 Å². The molecule has 1 rings (SSSR count). The fraction of sp³-hybridized carbons (Fsp3) is 0.929. The number of piperidine rings is 1. The first-order chi connectivity index (χ1) is 7.72. The van der Waals surface area contributed by atoms with Gasteiger partial charge in [0, 0.05) is 12.8 Å². The second-order valence-electron chi connectivity index (χ2n) is 5.39. The van der Waals surface area contributed by atoms with Crippen LogP contribution in [0, 0.1) is 11.8 Å². The highest BCUT2D eigenvalue weighted by atomic mass is 16.1. The first-order valence-corrected chi connectivity index (χ1v) is 6.94. The van der Waals surface area contributed by atoms with Crippen molar-refractivity contribution in [2.75, 3.05) is 13.1 Å². The Morgan fingerprint density at radius 3 is 2.94 bits per heavy atom. The van der Waals surface area contributed by atoms with Gasteiger partial charge < -0.3 is 5.32 Å². The molecule has 0 spiro atoms. The van der Waals surface area contributed by atoms with Crippen molar-refractivity contribution in [3.05, 3.63) is 0 Å². The SMILES string of the molecule is CCCC(C)CC(=O)CCC1CCCNC1. The molecule has 0 radical (unpaired) electrons. The summed E-state index contributed by atoms with van der Waals surface area (Å²) in [5.74, 6) is 1.81. The molecule has 2 nitrogen and oxygen atoms in total. The molecule has 0 saturated carbocycles. The van der Waals surface area contributed by atoms with Gasteiger partial charge in [-0.25, -0.2) is 0 Å². The van der Waals surface area contributed by atoms with Crippen molar-refractivity contribution in [1.82, 2.24) is 5.32 Å². The van der Waals surface area contributed by atoms with Crippen LogP contribution in [0.25, 0.3) is 0 Å². The van der Waals surface area contributed by atoms with E-state index in [1.165, 1.54) is 25.7 Å². The molecule has 1 N–H and O–H groups in total. The standard InChI is InChI=1S/C14H27NO/c1-3-5-12(2)10-14(16)8-7-13-6-4-9-15-11-13/h12-13,15H,3-11H2,1-2H3. The van der Waals surface area contributed by atoms with Crippen LogP contribution in [0.1, 0.15) is 58.8 Å². The zero-order valence-corrected chi connectivity index (χ0v) is 10.9. The Morgan fingerprint density at radius 2 is 2.31 bits per heavy atom. The zero-order chi connectivity index (χ0) is 11.8. The van der Waals surface area contributed by atoms with E-state index in [4.69, 9.17) is 0 Å². The second-order valence-corrected chi connectivity index (χ2v) is 5.39. The summed E-state index contributed by atoms with van der Waals surface area (Å²) >= 11 is 0. The van der Waals surface area contributed by atoms with Gasteiger partial charge in [0.1, 0.15) is 5.78 Å². The molecule has 0 aromatic rings. The van der Waals surface area contributed by atoms with Crippen molar-refractivity contribution in [2.24, 2.45) is 11.8 Å². The number of ketones is 1. The third kappa shape index (κ3) is 5.64. The van der Waals surface area contributed by atoms with Gasteiger partial charge in [-0.3, -0.25) is 4.79 Å². The van der Waals surface area contributed by atoms with E-state index in [9.17, 15) is 4.79 Å². The summed E-state index contributed by atoms with van der Waals surface area (Å²) < 4.78 is 0. The Labute approximate surface area is 100 Å². The Kier molecular flexibility index (Phi) is 6.70. The lowest BCUT2D eigenvalue weighted by atomic mass is 9.91. The highest BCUT2D eigenvalue weighted by Gasteiger charge is 2.15. The molecular weight excluding hydrogens is 198 g/mol. The topological polar surface area (TPSA) is 29.1 Å². The maximum atomic E-state index is 11.8. The predicted octanol–water partition coefficient (Wildman–Crippen LogP) is 3.16. The van der Waals surface area contributed by atoms with Gasteiger partial charge in [0.15, 0.2) is 0 Å². The Bertz CT molecular complexity index is 197. The molecule has 1 saturated heterocycles. The van der Waals surface area contributed by atoms with Crippen LogP contribution in [-0.4, -0.2) is 18.9 Å². The van der Waals surface area contributed by atoms with E-state index in [2.05, 4.69) is 19.2 Å². The number of carbonyl (C=O) groups excluding carboxylic acids is 1. The average molecular weight is 225 g/mol. The molecule has 1 fully saturated rings. The summed E-state index contributed by atoms with van der Waals surface area (Å²) in [7, 11) is 0. The van der Waals surface area contributed by atoms with E-state index in [0.29, 0.717) is 11.7 Å². The minimum Gasteiger partial charge on any atom is -0.316 e. The molecule has 0 aliphatic carbocycles. The number of hydrogen-bond donors (Lipinski definition) is 1. The number of nitrogens with one attached hydrogen (secondary N) is 1. The fourth-order valence-corrected chi connectivity index (χ4v) is 2.62. The zero-order valence-electron chi connectivity index (χ0n) is 10.9. The second kappa shape index (κ2) is 7.83. The molecule has 2 unspecified atom stereocenters. The van der Waals surface area contributed by atoms with Crippen LogP contribution in [0.4, 0.5) is 0 Å². The fourth-order valence-electron chi connectivity index (χ4n) is 2.62. The van der Waals surface area contributed by atoms with Crippen LogP contribution in [-0.2, 0) is 4.79 Å². The molecule has 2 atom stereocenters. The van der Waals surface area contributed by atoms with Crippen molar-refractivity contribution in [1.29, 1.82) is 0 Å². The van der Waals surface area contributed by atoms with Gasteiger partial charge in [-0.1, -0.05) is 26.7 Å².